The molecule has 1 aliphatic carbocycles. The van der Waals surface area contributed by atoms with Crippen molar-refractivity contribution < 1.29 is 9.90 Å². The Labute approximate surface area is 148 Å². The number of nitrogens with one attached hydrogen (secondary N) is 1. The van der Waals surface area contributed by atoms with Gasteiger partial charge in [-0.15, -0.1) is 0 Å². The maximum atomic E-state index is 12.4. The number of fused-ring (bicyclic) bond motifs is 1. The van der Waals surface area contributed by atoms with Crippen molar-refractivity contribution in [2.24, 2.45) is 0 Å². The number of aliphatic hydroxyl groups is 1. The van der Waals surface area contributed by atoms with Crippen molar-refractivity contribution in [2.75, 3.05) is 19.6 Å². The van der Waals surface area contributed by atoms with Gasteiger partial charge in [0.2, 0.25) is 0 Å². The predicted molar refractivity (Wildman–Crippen MR) is 96.5 cm³/mol. The van der Waals surface area contributed by atoms with Crippen molar-refractivity contribution in [1.29, 1.82) is 0 Å². The number of β-amino-alcohol motifs (C(OH)–C–C–N with tert-alkyl or cyclic N) is 1. The Kier molecular flexibility index (Phi) is 4.59. The maximum Gasteiger partial charge on any atom is 0.268 e. The molecular formula is C20H25N3O2. The van der Waals surface area contributed by atoms with Gasteiger partial charge in [-0.3, -0.25) is 9.69 Å². The predicted octanol–water partition coefficient (Wildman–Crippen LogP) is 1.97. The number of nitrogens with zero attached hydrogens (tertiary/aromatic N) is 2. The van der Waals surface area contributed by atoms with E-state index < -0.39 is 6.10 Å². The highest BCUT2D eigenvalue weighted by Crippen LogP contribution is 2.35. The van der Waals surface area contributed by atoms with Crippen LogP contribution in [0.4, 0.5) is 0 Å². The van der Waals surface area contributed by atoms with E-state index in [4.69, 9.17) is 0 Å². The van der Waals surface area contributed by atoms with E-state index in [9.17, 15) is 9.90 Å². The highest BCUT2D eigenvalue weighted by molar-refractivity contribution is 5.92. The van der Waals surface area contributed by atoms with E-state index in [1.165, 1.54) is 11.1 Å². The summed E-state index contributed by atoms with van der Waals surface area (Å²) < 4.78 is 2.04. The molecule has 2 heterocycles. The van der Waals surface area contributed by atoms with E-state index in [1.807, 2.05) is 22.9 Å². The Bertz CT molecular complexity index is 751. The van der Waals surface area contributed by atoms with Crippen LogP contribution < -0.4 is 5.32 Å². The van der Waals surface area contributed by atoms with Crippen LogP contribution >= 0.6 is 0 Å². The van der Waals surface area contributed by atoms with Crippen molar-refractivity contribution in [3.63, 3.8) is 0 Å². The van der Waals surface area contributed by atoms with Crippen molar-refractivity contribution in [3.8, 4) is 0 Å². The fourth-order valence-electron chi connectivity index (χ4n) is 3.63. The molecule has 4 rings (SSSR count). The van der Waals surface area contributed by atoms with Crippen LogP contribution in [-0.2, 0) is 13.0 Å². The summed E-state index contributed by atoms with van der Waals surface area (Å²) in [5.41, 5.74) is 3.44. The smallest absolute Gasteiger partial charge is 0.268 e. The van der Waals surface area contributed by atoms with Crippen molar-refractivity contribution in [3.05, 3.63) is 59.4 Å². The first-order valence-electron chi connectivity index (χ1n) is 9.13. The minimum atomic E-state index is -0.557. The molecule has 0 spiro atoms. The zero-order chi connectivity index (χ0) is 17.2. The molecule has 1 aromatic carbocycles. The molecule has 1 fully saturated rings. The van der Waals surface area contributed by atoms with E-state index in [-0.39, 0.29) is 12.5 Å². The lowest BCUT2D eigenvalue weighted by molar-refractivity contribution is 0.0834. The average Bonchev–Trinajstić information content (AvgIpc) is 3.36. The molecule has 1 aromatic heterocycles. The average molecular weight is 339 g/mol. The van der Waals surface area contributed by atoms with Gasteiger partial charge in [0, 0.05) is 38.4 Å². The van der Waals surface area contributed by atoms with Crippen LogP contribution in [0, 0.1) is 0 Å². The van der Waals surface area contributed by atoms with Crippen LogP contribution in [0.5, 0.6) is 0 Å². The lowest BCUT2D eigenvalue weighted by Crippen LogP contribution is -2.42. The standard InChI is InChI=1S/C20H25N3O2/c24-18(14-22-11-9-15-4-1-2-5-16(15)13-22)12-21-20(25)19-6-3-10-23(19)17-7-8-17/h1-6,10,17-18,24H,7-9,11-14H2,(H,21,25). The second kappa shape index (κ2) is 7.02. The lowest BCUT2D eigenvalue weighted by atomic mass is 10.00. The Morgan fingerprint density at radius 2 is 2.00 bits per heavy atom. The van der Waals surface area contributed by atoms with Crippen LogP contribution in [0.25, 0.3) is 0 Å². The molecular weight excluding hydrogens is 314 g/mol. The summed E-state index contributed by atoms with van der Waals surface area (Å²) in [5, 5.41) is 13.2. The summed E-state index contributed by atoms with van der Waals surface area (Å²) >= 11 is 0. The Morgan fingerprint density at radius 1 is 1.20 bits per heavy atom. The lowest BCUT2D eigenvalue weighted by Gasteiger charge is -2.30. The van der Waals surface area contributed by atoms with E-state index >= 15 is 0 Å². The number of carbonyl (C=O) groups excluding carboxylic acids is 1. The third-order valence-electron chi connectivity index (χ3n) is 5.13. The van der Waals surface area contributed by atoms with Gasteiger partial charge in [-0.25, -0.2) is 0 Å². The number of benzene rings is 1. The number of aliphatic hydroxyl groups excluding tert-OH is 1. The van der Waals surface area contributed by atoms with Gasteiger partial charge in [0.15, 0.2) is 0 Å². The molecule has 0 saturated heterocycles. The molecule has 1 saturated carbocycles. The Morgan fingerprint density at radius 3 is 2.80 bits per heavy atom. The molecule has 2 N–H and O–H groups in total. The largest absolute Gasteiger partial charge is 0.390 e. The van der Waals surface area contributed by atoms with Gasteiger partial charge < -0.3 is 15.0 Å². The molecule has 0 bridgehead atoms. The van der Waals surface area contributed by atoms with Gasteiger partial charge in [-0.1, -0.05) is 24.3 Å². The molecule has 1 unspecified atom stereocenters. The molecule has 1 atom stereocenters. The van der Waals surface area contributed by atoms with Crippen LogP contribution in [0.2, 0.25) is 0 Å². The van der Waals surface area contributed by atoms with Gasteiger partial charge in [0.25, 0.3) is 5.91 Å². The Hall–Kier alpha value is -2.11. The van der Waals surface area contributed by atoms with Gasteiger partial charge in [-0.2, -0.15) is 0 Å². The summed E-state index contributed by atoms with van der Waals surface area (Å²) in [6, 6.07) is 12.7. The topological polar surface area (TPSA) is 57.5 Å². The number of rotatable bonds is 6. The van der Waals surface area contributed by atoms with Gasteiger partial charge in [0.05, 0.1) is 6.10 Å². The second-order valence-electron chi connectivity index (χ2n) is 7.15. The van der Waals surface area contributed by atoms with E-state index in [2.05, 4.69) is 34.5 Å². The van der Waals surface area contributed by atoms with Gasteiger partial charge in [0.1, 0.15) is 5.69 Å². The molecule has 1 amide bonds. The number of carbonyl (C=O) groups is 1. The number of hydrogen-bond donors (Lipinski definition) is 2. The molecule has 5 nitrogen and oxygen atoms in total. The molecule has 2 aromatic rings. The molecule has 2 aliphatic rings. The fraction of sp³-hybridized carbons (Fsp3) is 0.450. The zero-order valence-corrected chi connectivity index (χ0v) is 14.4. The first-order chi connectivity index (χ1) is 12.2. The SMILES string of the molecule is O=C(NCC(O)CN1CCc2ccccc2C1)c1cccn1C1CC1. The van der Waals surface area contributed by atoms with Crippen molar-refractivity contribution in [1.82, 2.24) is 14.8 Å². The highest BCUT2D eigenvalue weighted by Gasteiger charge is 2.27. The quantitative estimate of drug-likeness (QED) is 0.846. The summed E-state index contributed by atoms with van der Waals surface area (Å²) in [6.45, 7) is 2.68. The van der Waals surface area contributed by atoms with E-state index in [0.717, 1.165) is 32.4 Å². The number of hydrogen-bond acceptors (Lipinski definition) is 3. The minimum absolute atomic E-state index is 0.0973. The normalized spacial score (nSPS) is 18.6. The summed E-state index contributed by atoms with van der Waals surface area (Å²) in [7, 11) is 0. The van der Waals surface area contributed by atoms with E-state index in [1.54, 1.807) is 0 Å². The van der Waals surface area contributed by atoms with Gasteiger partial charge in [-0.05, 0) is 42.5 Å². The monoisotopic (exact) mass is 339 g/mol. The molecule has 132 valence electrons. The van der Waals surface area contributed by atoms with Crippen LogP contribution in [-0.4, -0.2) is 46.2 Å². The van der Waals surface area contributed by atoms with Crippen LogP contribution in [0.1, 0.15) is 40.5 Å². The summed E-state index contributed by atoms with van der Waals surface area (Å²) in [6.07, 6.45) is 4.72. The molecule has 25 heavy (non-hydrogen) atoms. The first kappa shape index (κ1) is 16.4. The fourth-order valence-corrected chi connectivity index (χ4v) is 3.63. The number of aromatic nitrogens is 1. The number of amides is 1. The van der Waals surface area contributed by atoms with Crippen LogP contribution in [0.15, 0.2) is 42.6 Å². The van der Waals surface area contributed by atoms with Crippen molar-refractivity contribution in [2.45, 2.75) is 38.0 Å². The summed E-state index contributed by atoms with van der Waals surface area (Å²) in [5.74, 6) is -0.0973. The summed E-state index contributed by atoms with van der Waals surface area (Å²) in [4.78, 5) is 14.6. The minimum Gasteiger partial charge on any atom is -0.390 e. The second-order valence-corrected chi connectivity index (χ2v) is 7.15. The zero-order valence-electron chi connectivity index (χ0n) is 14.4. The Balaban J connectivity index is 1.27. The molecule has 5 heteroatoms. The van der Waals surface area contributed by atoms with Gasteiger partial charge >= 0.3 is 0 Å². The molecule has 1 aliphatic heterocycles. The maximum absolute atomic E-state index is 12.4. The van der Waals surface area contributed by atoms with Crippen LogP contribution in [0.3, 0.4) is 0 Å². The molecule has 0 radical (unpaired) electrons. The highest BCUT2D eigenvalue weighted by atomic mass is 16.3. The van der Waals surface area contributed by atoms with E-state index in [0.29, 0.717) is 18.3 Å². The third-order valence-corrected chi connectivity index (χ3v) is 5.13. The third kappa shape index (κ3) is 3.78. The van der Waals surface area contributed by atoms with Crippen molar-refractivity contribution >= 4 is 5.91 Å². The first-order valence-corrected chi connectivity index (χ1v) is 9.13.